The van der Waals surface area contributed by atoms with Gasteiger partial charge in [0.05, 0.1) is 89.7 Å². The van der Waals surface area contributed by atoms with E-state index in [2.05, 4.69) is 10.8 Å². The molecule has 21 atom stereocenters. The molecular formula is C56H76IN3O22S2. The number of hydrogen-bond donors (Lipinski definition) is 7. The molecule has 2 aromatic carbocycles. The van der Waals surface area contributed by atoms with Gasteiger partial charge in [-0.1, -0.05) is 42.1 Å². The van der Waals surface area contributed by atoms with E-state index in [0.29, 0.717) is 38.1 Å². The van der Waals surface area contributed by atoms with Gasteiger partial charge in [0.1, 0.15) is 48.3 Å². The van der Waals surface area contributed by atoms with E-state index in [1.807, 2.05) is 35.6 Å². The quantitative estimate of drug-likeness (QED) is 0.0641. The molecule has 7 aliphatic rings. The number of fused-ring (bicyclic) bond motifs is 2. The number of halogens is 1. The maximum Gasteiger partial charge on any atom is 0.407 e. The van der Waals surface area contributed by atoms with Gasteiger partial charge in [0.25, 0.3) is 0 Å². The van der Waals surface area contributed by atoms with Crippen molar-refractivity contribution in [2.45, 2.75) is 187 Å². The fourth-order valence-electron chi connectivity index (χ4n) is 12.8. The minimum absolute atomic E-state index is 0.0230. The molecule has 2 bridgehead atoms. The number of nitrogens with one attached hydrogen (secondary N) is 2. The van der Waals surface area contributed by atoms with Crippen LogP contribution in [-0.2, 0) is 62.7 Å². The van der Waals surface area contributed by atoms with Crippen molar-refractivity contribution in [3.05, 3.63) is 61.7 Å². The number of alkyl carbamates (subject to hydrolysis) is 1. The molecule has 84 heavy (non-hydrogen) atoms. The van der Waals surface area contributed by atoms with E-state index in [-0.39, 0.29) is 54.6 Å². The van der Waals surface area contributed by atoms with E-state index in [1.165, 1.54) is 54.2 Å². The molecule has 28 heteroatoms. The summed E-state index contributed by atoms with van der Waals surface area (Å²) in [5, 5.41) is 60.0. The summed E-state index contributed by atoms with van der Waals surface area (Å²) in [7, 11) is 6.79. The predicted octanol–water partition coefficient (Wildman–Crippen LogP) is 2.66. The number of amides is 2. The number of aliphatic hydroxyl groups excluding tert-OH is 4. The Bertz CT molecular complexity index is 2780. The number of aliphatic hydroxyl groups is 5. The molecule has 25 nitrogen and oxygen atoms in total. The molecule has 9 rings (SSSR count). The van der Waals surface area contributed by atoms with E-state index in [4.69, 9.17) is 61.7 Å². The fraction of sp³-hybridized carbons (Fsp3) is 0.679. The summed E-state index contributed by atoms with van der Waals surface area (Å²) >= 11 is 4.14. The molecule has 7 N–H and O–H groups in total. The van der Waals surface area contributed by atoms with Crippen LogP contribution in [-0.4, -0.2) is 222 Å². The molecule has 2 amide bonds. The number of ketones is 1. The number of Topliss-reactive ketones (excluding diaryl/α,β-unsaturated/α-hetero) is 1. The topological polar surface area (TPSA) is 317 Å². The molecule has 0 aromatic heterocycles. The highest BCUT2D eigenvalue weighted by Crippen LogP contribution is 2.65. The lowest BCUT2D eigenvalue weighted by Gasteiger charge is -2.57. The summed E-state index contributed by atoms with van der Waals surface area (Å²) in [5.74, 6) is -0.0966. The fourth-order valence-corrected chi connectivity index (χ4v) is 16.2. The number of carbonyl (C=O) groups is 4. The number of nitrogens with zero attached hydrogens (tertiary/aromatic N) is 1. The van der Waals surface area contributed by atoms with Gasteiger partial charge in [-0.05, 0) is 79.5 Å². The Morgan fingerprint density at radius 3 is 2.24 bits per heavy atom. The molecule has 5 heterocycles. The number of benzene rings is 2. The van der Waals surface area contributed by atoms with Gasteiger partial charge < -0.3 is 92.6 Å². The first kappa shape index (κ1) is 64.9. The van der Waals surface area contributed by atoms with Crippen molar-refractivity contribution in [3.8, 4) is 17.2 Å². The maximum absolute atomic E-state index is 14.5. The van der Waals surface area contributed by atoms with Gasteiger partial charge in [-0.25, -0.2) is 4.79 Å². The lowest BCUT2D eigenvalue weighted by molar-refractivity contribution is -0.344. The summed E-state index contributed by atoms with van der Waals surface area (Å²) < 4.78 is 72.0. The minimum atomic E-state index is -1.73. The lowest BCUT2D eigenvalue weighted by atomic mass is 9.59. The Balaban J connectivity index is 0.942. The van der Waals surface area contributed by atoms with Crippen LogP contribution in [0.5, 0.6) is 17.2 Å². The van der Waals surface area contributed by atoms with Gasteiger partial charge in [0.2, 0.25) is 23.1 Å². The monoisotopic (exact) mass is 1330 g/mol. The second-order valence-electron chi connectivity index (χ2n) is 21.8. The Morgan fingerprint density at radius 1 is 0.869 bits per heavy atom. The van der Waals surface area contributed by atoms with Crippen molar-refractivity contribution < 1.29 is 106 Å². The molecule has 2 aliphatic carbocycles. The van der Waals surface area contributed by atoms with E-state index >= 15 is 0 Å². The zero-order valence-electron chi connectivity index (χ0n) is 48.4. The Morgan fingerprint density at radius 2 is 1.58 bits per heavy atom. The highest BCUT2D eigenvalue weighted by Gasteiger charge is 2.69. The predicted molar refractivity (Wildman–Crippen MR) is 307 cm³/mol. The van der Waals surface area contributed by atoms with E-state index in [0.717, 1.165) is 11.8 Å². The number of hydrogen-bond acceptors (Lipinski definition) is 25. The standard InChI is InChI=1S/C56H76IN3O22S2/c1-12-60(27(6)61)30-22-75-35(20-33(30)70-7)79-46-41(65)39(24(3)77-53(46)81-50-28-15-13-14-16-29(28)55(69)21-32(63)49(58-54(68)74-11)56(50)34(55)17-18-83-56)59-82-36-19-31(62)48(26(5)76-36)84-51(67)37-23(2)38(57)44(47(73-10)43(37)71-8)80-52-42(66)45(72-9)40(64)25(4)78-52/h13-17,24-26,30-31,33,35-36,39-42,45-46,48-50,52-53,59,62,64-66,69H,12,18-22H2,1-11H3,(H,58,68)/t24-,25+,26-,30+,31+,33+,35+,36+,39-,40+,41+,42-,45-,46-,48-,49?,50+,52+,53+,55-,56+/m1/s1. The molecule has 2 aromatic rings. The lowest BCUT2D eigenvalue weighted by Crippen LogP contribution is -2.69. The smallest absolute Gasteiger partial charge is 0.407 e. The summed E-state index contributed by atoms with van der Waals surface area (Å²) in [4.78, 5) is 62.2. The first-order valence-corrected chi connectivity index (χ1v) is 30.7. The van der Waals surface area contributed by atoms with E-state index in [9.17, 15) is 44.7 Å². The highest BCUT2D eigenvalue weighted by molar-refractivity contribution is 14.1. The van der Waals surface area contributed by atoms with Gasteiger partial charge in [-0.2, -0.15) is 5.48 Å². The van der Waals surface area contributed by atoms with Crippen molar-refractivity contribution in [2.75, 3.05) is 54.5 Å². The van der Waals surface area contributed by atoms with Crippen LogP contribution in [0.3, 0.4) is 0 Å². The summed E-state index contributed by atoms with van der Waals surface area (Å²) in [5.41, 5.74) is 3.18. The molecule has 1 unspecified atom stereocenters. The van der Waals surface area contributed by atoms with Crippen molar-refractivity contribution in [3.63, 3.8) is 0 Å². The Labute approximate surface area is 508 Å². The third-order valence-electron chi connectivity index (χ3n) is 17.0. The highest BCUT2D eigenvalue weighted by atomic mass is 127. The second kappa shape index (κ2) is 26.7. The molecule has 0 radical (unpaired) electrons. The molecule has 0 spiro atoms. The van der Waals surface area contributed by atoms with Crippen molar-refractivity contribution in [1.29, 1.82) is 0 Å². The van der Waals surface area contributed by atoms with Crippen molar-refractivity contribution in [2.24, 2.45) is 0 Å². The third-order valence-corrected chi connectivity index (χ3v) is 21.2. The number of hydroxylamine groups is 1. The minimum Gasteiger partial charge on any atom is -0.492 e. The molecule has 5 aliphatic heterocycles. The number of likely N-dealkylation sites (N-methyl/N-ethyl adjacent to an activating group) is 1. The Hall–Kier alpha value is -3.51. The zero-order chi connectivity index (χ0) is 60.9. The summed E-state index contributed by atoms with van der Waals surface area (Å²) in [6.07, 6.45) is -16.1. The molecule has 4 saturated heterocycles. The van der Waals surface area contributed by atoms with Gasteiger partial charge in [0.15, 0.2) is 36.2 Å². The average Bonchev–Trinajstić information content (AvgIpc) is 2.25. The molecule has 5 fully saturated rings. The number of rotatable bonds is 18. The number of thioether (sulfide) groups is 2. The first-order valence-electron chi connectivity index (χ1n) is 27.7. The molecular weight excluding hydrogens is 1260 g/mol. The van der Waals surface area contributed by atoms with Crippen molar-refractivity contribution in [1.82, 2.24) is 15.7 Å². The van der Waals surface area contributed by atoms with Crippen LogP contribution >= 0.6 is 46.1 Å². The van der Waals surface area contributed by atoms with Gasteiger partial charge in [-0.3, -0.25) is 19.2 Å². The summed E-state index contributed by atoms with van der Waals surface area (Å²) in [6, 6.07) is 4.25. The van der Waals surface area contributed by atoms with Crippen LogP contribution < -0.4 is 25.0 Å². The maximum atomic E-state index is 14.5. The second-order valence-corrected chi connectivity index (χ2v) is 25.3. The molecule has 1 saturated carbocycles. The van der Waals surface area contributed by atoms with Gasteiger partial charge in [-0.15, -0.1) is 11.8 Å². The zero-order valence-corrected chi connectivity index (χ0v) is 52.2. The number of ether oxygens (including phenoxy) is 12. The third kappa shape index (κ3) is 11.8. The SMILES string of the molecule is CCN(C(C)=O)[C@H]1CO[C@@H](O[C@H]2[C@H](O[C@H]3c4ccccc4[C@]4(O)CC(=O)C(NC(=O)OC)[C@]35SCC=C45)O[C@H](C)[C@@H](NO[C@H]3C[C@H](O)[C@H](SC(=O)c4c(C)c(I)c(O[C@@H]5O[C@@H](C)[C@H](O)[C@@H](OC)[C@H]5O)c(OC)c4OC)[C@@H](C)O3)[C@@H]2O)C[C@@H]1OC. The van der Waals surface area contributed by atoms with Crippen LogP contribution in [0.4, 0.5) is 4.79 Å². The van der Waals surface area contributed by atoms with Crippen LogP contribution in [0.15, 0.2) is 35.9 Å². The van der Waals surface area contributed by atoms with Gasteiger partial charge in [0, 0.05) is 52.7 Å². The van der Waals surface area contributed by atoms with Crippen molar-refractivity contribution >= 4 is 69.0 Å². The number of methoxy groups -OCH3 is 5. The normalized spacial score (nSPS) is 38.2. The van der Waals surface area contributed by atoms with Gasteiger partial charge >= 0.3 is 6.09 Å². The van der Waals surface area contributed by atoms with Crippen LogP contribution in [0.2, 0.25) is 0 Å². The largest absolute Gasteiger partial charge is 0.492 e. The average molecular weight is 1330 g/mol. The van der Waals surface area contributed by atoms with Crippen LogP contribution in [0.1, 0.15) is 87.0 Å². The van der Waals surface area contributed by atoms with Crippen LogP contribution in [0.25, 0.3) is 0 Å². The number of carbonyl (C=O) groups excluding carboxylic acids is 4. The Kier molecular flexibility index (Phi) is 20.6. The van der Waals surface area contributed by atoms with E-state index in [1.54, 1.807) is 56.9 Å². The van der Waals surface area contributed by atoms with Crippen LogP contribution in [0, 0.1) is 10.5 Å². The first-order chi connectivity index (χ1) is 40.0. The molecule has 466 valence electrons. The summed E-state index contributed by atoms with van der Waals surface area (Å²) in [6.45, 7) is 10.4. The van der Waals surface area contributed by atoms with E-state index < -0.39 is 143 Å².